The van der Waals surface area contributed by atoms with Gasteiger partial charge in [-0.3, -0.25) is 5.32 Å². The number of hydrogen-bond donors (Lipinski definition) is 3. The Morgan fingerprint density at radius 2 is 1.73 bits per heavy atom. The molecule has 0 saturated heterocycles. The molecule has 8 nitrogen and oxygen atoms in total. The maximum Gasteiger partial charge on any atom is 0.411 e. The zero-order chi connectivity index (χ0) is 20.9. The average molecular weight is 415 g/mol. The van der Waals surface area contributed by atoms with Crippen LogP contribution >= 0.6 is 0 Å². The van der Waals surface area contributed by atoms with E-state index in [-0.39, 0.29) is 30.8 Å². The minimum absolute atomic E-state index is 0.114. The van der Waals surface area contributed by atoms with Gasteiger partial charge in [-0.2, -0.15) is 0 Å². The third-order valence-electron chi connectivity index (χ3n) is 4.96. The van der Waals surface area contributed by atoms with Crippen LogP contribution < -0.4 is 25.4 Å². The summed E-state index contributed by atoms with van der Waals surface area (Å²) in [6, 6.07) is 10.2. The van der Waals surface area contributed by atoms with Crippen molar-refractivity contribution in [2.45, 2.75) is 37.8 Å². The minimum Gasteiger partial charge on any atom is -0.454 e. The zero-order valence-corrected chi connectivity index (χ0v) is 16.2. The van der Waals surface area contributed by atoms with Gasteiger partial charge in [-0.1, -0.05) is 0 Å². The van der Waals surface area contributed by atoms with Gasteiger partial charge in [0.2, 0.25) is 6.79 Å². The molecule has 1 aliphatic heterocycles. The van der Waals surface area contributed by atoms with E-state index in [1.165, 1.54) is 24.3 Å². The van der Waals surface area contributed by atoms with Crippen LogP contribution in [-0.2, 0) is 4.74 Å². The van der Waals surface area contributed by atoms with Crippen LogP contribution in [0.15, 0.2) is 42.5 Å². The number of halogens is 1. The number of urea groups is 1. The van der Waals surface area contributed by atoms with Crippen molar-refractivity contribution in [3.05, 3.63) is 48.3 Å². The Bertz CT molecular complexity index is 921. The highest BCUT2D eigenvalue weighted by Gasteiger charge is 2.26. The molecule has 1 heterocycles. The predicted molar refractivity (Wildman–Crippen MR) is 107 cm³/mol. The summed E-state index contributed by atoms with van der Waals surface area (Å²) in [5.41, 5.74) is 1.05. The third-order valence-corrected chi connectivity index (χ3v) is 4.96. The second-order valence-electron chi connectivity index (χ2n) is 7.19. The van der Waals surface area contributed by atoms with E-state index in [0.717, 1.165) is 19.3 Å². The quantitative estimate of drug-likeness (QED) is 0.694. The Kier molecular flexibility index (Phi) is 5.87. The minimum atomic E-state index is -0.600. The van der Waals surface area contributed by atoms with Crippen LogP contribution in [0.1, 0.15) is 25.7 Å². The van der Waals surface area contributed by atoms with Crippen molar-refractivity contribution in [1.82, 2.24) is 5.32 Å². The summed E-state index contributed by atoms with van der Waals surface area (Å²) in [4.78, 5) is 24.4. The van der Waals surface area contributed by atoms with Crippen molar-refractivity contribution < 1.29 is 28.2 Å². The summed E-state index contributed by atoms with van der Waals surface area (Å²) in [5, 5.41) is 8.27. The van der Waals surface area contributed by atoms with Crippen molar-refractivity contribution in [2.24, 2.45) is 0 Å². The van der Waals surface area contributed by atoms with E-state index in [0.29, 0.717) is 29.3 Å². The summed E-state index contributed by atoms with van der Waals surface area (Å²) >= 11 is 0. The topological polar surface area (TPSA) is 97.9 Å². The smallest absolute Gasteiger partial charge is 0.411 e. The van der Waals surface area contributed by atoms with Gasteiger partial charge in [0.1, 0.15) is 11.9 Å². The van der Waals surface area contributed by atoms with Gasteiger partial charge in [0.05, 0.1) is 0 Å². The van der Waals surface area contributed by atoms with E-state index in [1.807, 2.05) is 0 Å². The molecule has 2 aliphatic rings. The fraction of sp³-hybridized carbons (Fsp3) is 0.333. The summed E-state index contributed by atoms with van der Waals surface area (Å²) in [5.74, 6) is 0.854. The Balaban J connectivity index is 1.24. The standard InChI is InChI=1S/C21H22FN3O5/c22-13-4-6-14(7-5-13)25-21(27)30-17-3-1-2-15(10-17)23-20(26)24-16-8-9-18-19(11-16)29-12-28-18/h4-9,11,15,17H,1-3,10,12H2,(H,25,27)(H2,23,24,26)/t15-,17-/m1/s1. The maximum atomic E-state index is 12.9. The molecule has 0 unspecified atom stereocenters. The summed E-state index contributed by atoms with van der Waals surface area (Å²) in [6.07, 6.45) is 1.95. The maximum absolute atomic E-state index is 12.9. The number of ether oxygens (including phenoxy) is 3. The van der Waals surface area contributed by atoms with Crippen LogP contribution in [0.2, 0.25) is 0 Å². The SMILES string of the molecule is O=C(Nc1ccc2c(c1)OCO2)N[C@@H]1CCC[C@@H](OC(=O)Nc2ccc(F)cc2)C1. The fourth-order valence-corrected chi connectivity index (χ4v) is 3.54. The number of hydrogen-bond acceptors (Lipinski definition) is 5. The van der Waals surface area contributed by atoms with Gasteiger partial charge in [-0.05, 0) is 55.7 Å². The molecule has 30 heavy (non-hydrogen) atoms. The first kappa shape index (κ1) is 19.8. The number of carbonyl (C=O) groups excluding carboxylic acids is 2. The molecule has 0 radical (unpaired) electrons. The Hall–Kier alpha value is -3.49. The Labute approximate surface area is 172 Å². The molecule has 1 aliphatic carbocycles. The van der Waals surface area contributed by atoms with Crippen molar-refractivity contribution in [3.8, 4) is 11.5 Å². The van der Waals surface area contributed by atoms with Gasteiger partial charge in [0.25, 0.3) is 0 Å². The lowest BCUT2D eigenvalue weighted by molar-refractivity contribution is 0.0779. The molecule has 1 fully saturated rings. The highest BCUT2D eigenvalue weighted by Crippen LogP contribution is 2.34. The van der Waals surface area contributed by atoms with E-state index in [1.54, 1.807) is 18.2 Å². The van der Waals surface area contributed by atoms with Gasteiger partial charge in [0, 0.05) is 29.9 Å². The molecular formula is C21H22FN3O5. The average Bonchev–Trinajstić information content (AvgIpc) is 3.18. The normalized spacial score (nSPS) is 19.6. The molecule has 2 aromatic carbocycles. The number of nitrogens with one attached hydrogen (secondary N) is 3. The summed E-state index contributed by atoms with van der Waals surface area (Å²) < 4.78 is 29.0. The lowest BCUT2D eigenvalue weighted by Crippen LogP contribution is -2.43. The van der Waals surface area contributed by atoms with Crippen LogP contribution in [0.5, 0.6) is 11.5 Å². The molecule has 3 N–H and O–H groups in total. The molecule has 2 aromatic rings. The van der Waals surface area contributed by atoms with Crippen molar-refractivity contribution in [2.75, 3.05) is 17.4 Å². The van der Waals surface area contributed by atoms with E-state index < -0.39 is 6.09 Å². The van der Waals surface area contributed by atoms with Crippen molar-refractivity contribution in [1.29, 1.82) is 0 Å². The summed E-state index contributed by atoms with van der Waals surface area (Å²) in [6.45, 7) is 0.170. The number of carbonyl (C=O) groups is 2. The van der Waals surface area contributed by atoms with Gasteiger partial charge in [0.15, 0.2) is 11.5 Å². The van der Waals surface area contributed by atoms with E-state index in [4.69, 9.17) is 14.2 Å². The van der Waals surface area contributed by atoms with E-state index in [9.17, 15) is 14.0 Å². The molecule has 4 rings (SSSR count). The number of anilines is 2. The van der Waals surface area contributed by atoms with E-state index in [2.05, 4.69) is 16.0 Å². The highest BCUT2D eigenvalue weighted by molar-refractivity contribution is 5.90. The third kappa shape index (κ3) is 5.11. The van der Waals surface area contributed by atoms with Crippen LogP contribution in [0, 0.1) is 5.82 Å². The molecule has 158 valence electrons. The predicted octanol–water partition coefficient (Wildman–Crippen LogP) is 4.24. The van der Waals surface area contributed by atoms with Crippen molar-refractivity contribution in [3.63, 3.8) is 0 Å². The molecule has 0 bridgehead atoms. The van der Waals surface area contributed by atoms with E-state index >= 15 is 0 Å². The molecule has 0 spiro atoms. The van der Waals surface area contributed by atoms with Gasteiger partial charge < -0.3 is 24.8 Å². The molecule has 1 saturated carbocycles. The number of rotatable bonds is 4. The van der Waals surface area contributed by atoms with Crippen LogP contribution in [0.4, 0.5) is 25.4 Å². The Morgan fingerprint density at radius 1 is 0.967 bits per heavy atom. The first-order valence-corrected chi connectivity index (χ1v) is 9.75. The lowest BCUT2D eigenvalue weighted by Gasteiger charge is -2.29. The highest BCUT2D eigenvalue weighted by atomic mass is 19.1. The second-order valence-corrected chi connectivity index (χ2v) is 7.19. The second kappa shape index (κ2) is 8.89. The van der Waals surface area contributed by atoms with Crippen LogP contribution in [-0.4, -0.2) is 31.1 Å². The summed E-state index contributed by atoms with van der Waals surface area (Å²) in [7, 11) is 0. The Morgan fingerprint density at radius 3 is 2.57 bits per heavy atom. The van der Waals surface area contributed by atoms with Crippen LogP contribution in [0.3, 0.4) is 0 Å². The first-order chi connectivity index (χ1) is 14.5. The number of amides is 3. The van der Waals surface area contributed by atoms with Gasteiger partial charge in [-0.15, -0.1) is 0 Å². The van der Waals surface area contributed by atoms with Crippen molar-refractivity contribution >= 4 is 23.5 Å². The molecule has 9 heteroatoms. The van der Waals surface area contributed by atoms with Gasteiger partial charge >= 0.3 is 12.1 Å². The number of benzene rings is 2. The van der Waals surface area contributed by atoms with Crippen LogP contribution in [0.25, 0.3) is 0 Å². The monoisotopic (exact) mass is 415 g/mol. The molecular weight excluding hydrogens is 393 g/mol. The largest absolute Gasteiger partial charge is 0.454 e. The number of fused-ring (bicyclic) bond motifs is 1. The molecule has 0 aromatic heterocycles. The zero-order valence-electron chi connectivity index (χ0n) is 16.2. The lowest BCUT2D eigenvalue weighted by atomic mass is 9.93. The fourth-order valence-electron chi connectivity index (χ4n) is 3.54. The molecule has 3 amide bonds. The van der Waals surface area contributed by atoms with Gasteiger partial charge in [-0.25, -0.2) is 14.0 Å². The molecule has 2 atom stereocenters. The first-order valence-electron chi connectivity index (χ1n) is 9.75.